The summed E-state index contributed by atoms with van der Waals surface area (Å²) in [6, 6.07) is 9.13. The van der Waals surface area contributed by atoms with Gasteiger partial charge in [-0.15, -0.1) is 0 Å². The Bertz CT molecular complexity index is 810. The predicted molar refractivity (Wildman–Crippen MR) is 77.2 cm³/mol. The largest absolute Gasteiger partial charge is 0.506 e. The molecule has 0 spiro atoms. The minimum atomic E-state index is -4.00. The summed E-state index contributed by atoms with van der Waals surface area (Å²) in [5.41, 5.74) is 0.746. The predicted octanol–water partition coefficient (Wildman–Crippen LogP) is 2.02. The van der Waals surface area contributed by atoms with E-state index in [-0.39, 0.29) is 22.0 Å². The lowest BCUT2D eigenvalue weighted by atomic mass is 10.1. The molecule has 0 aliphatic rings. The average Bonchev–Trinajstić information content (AvgIpc) is 2.49. The average molecular weight is 303 g/mol. The Balaban J connectivity index is 2.45. The highest BCUT2D eigenvalue weighted by Gasteiger charge is 2.20. The van der Waals surface area contributed by atoms with E-state index in [0.717, 1.165) is 5.56 Å². The Hall–Kier alpha value is -2.59. The van der Waals surface area contributed by atoms with Crippen molar-refractivity contribution in [1.29, 1.82) is 5.26 Å². The molecule has 0 bridgehead atoms. The molecule has 108 valence electrons. The maximum atomic E-state index is 12.3. The first-order chi connectivity index (χ1) is 9.97. The lowest BCUT2D eigenvalue weighted by Gasteiger charge is -2.11. The number of anilines is 1. The molecule has 0 unspecified atom stereocenters. The molecule has 1 aromatic carbocycles. The Morgan fingerprint density at radius 2 is 2.14 bits per heavy atom. The van der Waals surface area contributed by atoms with Crippen LogP contribution in [0.4, 0.5) is 5.69 Å². The molecule has 2 rings (SSSR count). The van der Waals surface area contributed by atoms with Crippen molar-refractivity contribution in [3.63, 3.8) is 0 Å². The van der Waals surface area contributed by atoms with Gasteiger partial charge in [-0.25, -0.2) is 13.4 Å². The van der Waals surface area contributed by atoms with E-state index in [2.05, 4.69) is 9.71 Å². The summed E-state index contributed by atoms with van der Waals surface area (Å²) in [5, 5.41) is 18.7. The molecule has 21 heavy (non-hydrogen) atoms. The summed E-state index contributed by atoms with van der Waals surface area (Å²) in [4.78, 5) is 3.49. The lowest BCUT2D eigenvalue weighted by Crippen LogP contribution is -2.15. The third kappa shape index (κ3) is 3.12. The number of aromatic nitrogens is 1. The summed E-state index contributed by atoms with van der Waals surface area (Å²) >= 11 is 0. The van der Waals surface area contributed by atoms with Crippen molar-refractivity contribution in [1.82, 2.24) is 4.98 Å². The lowest BCUT2D eigenvalue weighted by molar-refractivity contribution is 0.477. The van der Waals surface area contributed by atoms with E-state index in [9.17, 15) is 13.5 Å². The molecule has 0 fully saturated rings. The van der Waals surface area contributed by atoms with E-state index < -0.39 is 10.0 Å². The molecule has 0 saturated carbocycles. The van der Waals surface area contributed by atoms with Crippen molar-refractivity contribution in [2.24, 2.45) is 0 Å². The summed E-state index contributed by atoms with van der Waals surface area (Å²) in [6.45, 7) is 1.92. The quantitative estimate of drug-likeness (QED) is 0.841. The van der Waals surface area contributed by atoms with Crippen LogP contribution in [-0.2, 0) is 16.4 Å². The SMILES string of the molecule is CCc1ccc(O)c(NS(=O)(=O)c2cccnc2C#N)c1. The highest BCUT2D eigenvalue weighted by molar-refractivity contribution is 7.92. The third-order valence-corrected chi connectivity index (χ3v) is 4.28. The molecule has 1 heterocycles. The first-order valence-corrected chi connectivity index (χ1v) is 7.66. The van der Waals surface area contributed by atoms with E-state index in [1.165, 1.54) is 24.4 Å². The first kappa shape index (κ1) is 14.8. The van der Waals surface area contributed by atoms with Crippen molar-refractivity contribution in [2.45, 2.75) is 18.2 Å². The molecule has 7 heteroatoms. The number of hydrogen-bond donors (Lipinski definition) is 2. The maximum Gasteiger partial charge on any atom is 0.264 e. The van der Waals surface area contributed by atoms with Crippen LogP contribution in [0, 0.1) is 11.3 Å². The topological polar surface area (TPSA) is 103 Å². The van der Waals surface area contributed by atoms with Gasteiger partial charge in [0.2, 0.25) is 0 Å². The smallest absolute Gasteiger partial charge is 0.264 e. The third-order valence-electron chi connectivity index (χ3n) is 2.88. The number of phenols is 1. The van der Waals surface area contributed by atoms with Crippen LogP contribution in [0.25, 0.3) is 0 Å². The van der Waals surface area contributed by atoms with Gasteiger partial charge in [-0.1, -0.05) is 13.0 Å². The van der Waals surface area contributed by atoms with Crippen molar-refractivity contribution in [2.75, 3.05) is 4.72 Å². The number of rotatable bonds is 4. The van der Waals surface area contributed by atoms with Gasteiger partial charge in [-0.05, 0) is 36.2 Å². The van der Waals surface area contributed by atoms with Gasteiger partial charge in [0.1, 0.15) is 16.7 Å². The number of sulfonamides is 1. The molecule has 1 aromatic heterocycles. The summed E-state index contributed by atoms with van der Waals surface area (Å²) in [5.74, 6) is -0.182. The number of nitriles is 1. The van der Waals surface area contributed by atoms with Gasteiger partial charge in [-0.3, -0.25) is 4.72 Å². The molecule has 0 atom stereocenters. The van der Waals surface area contributed by atoms with Crippen LogP contribution in [0.3, 0.4) is 0 Å². The zero-order valence-electron chi connectivity index (χ0n) is 11.2. The maximum absolute atomic E-state index is 12.3. The monoisotopic (exact) mass is 303 g/mol. The van der Waals surface area contributed by atoms with Gasteiger partial charge >= 0.3 is 0 Å². The fourth-order valence-electron chi connectivity index (χ4n) is 1.78. The van der Waals surface area contributed by atoms with E-state index in [1.54, 1.807) is 18.2 Å². The number of hydrogen-bond acceptors (Lipinski definition) is 5. The number of aromatic hydroxyl groups is 1. The van der Waals surface area contributed by atoms with Crippen LogP contribution in [0.15, 0.2) is 41.4 Å². The van der Waals surface area contributed by atoms with E-state index >= 15 is 0 Å². The molecule has 6 nitrogen and oxygen atoms in total. The number of phenolic OH excluding ortho intramolecular Hbond substituents is 1. The highest BCUT2D eigenvalue weighted by Crippen LogP contribution is 2.27. The molecular formula is C14H13N3O3S. The van der Waals surface area contributed by atoms with Crippen LogP contribution < -0.4 is 4.72 Å². The molecule has 0 aliphatic heterocycles. The normalized spacial score (nSPS) is 10.9. The summed E-state index contributed by atoms with van der Waals surface area (Å²) in [6.07, 6.45) is 2.04. The Kier molecular flexibility index (Phi) is 4.10. The minimum absolute atomic E-state index is 0.0714. The Labute approximate surface area is 122 Å². The summed E-state index contributed by atoms with van der Waals surface area (Å²) < 4.78 is 26.9. The van der Waals surface area contributed by atoms with Crippen LogP contribution in [0.1, 0.15) is 18.2 Å². The van der Waals surface area contributed by atoms with Crippen LogP contribution in [-0.4, -0.2) is 18.5 Å². The van der Waals surface area contributed by atoms with Crippen LogP contribution in [0.2, 0.25) is 0 Å². The van der Waals surface area contributed by atoms with Gasteiger partial charge in [-0.2, -0.15) is 5.26 Å². The standard InChI is InChI=1S/C14H13N3O3S/c1-2-10-5-6-13(18)11(8-10)17-21(19,20)14-4-3-7-16-12(14)9-15/h3-8,17-18H,2H2,1H3. The van der Waals surface area contributed by atoms with Gasteiger partial charge in [0.25, 0.3) is 10.0 Å². The van der Waals surface area contributed by atoms with Gasteiger partial charge in [0.15, 0.2) is 5.69 Å². The van der Waals surface area contributed by atoms with Gasteiger partial charge in [0, 0.05) is 6.20 Å². The molecule has 0 amide bonds. The van der Waals surface area contributed by atoms with Gasteiger partial charge in [0.05, 0.1) is 5.69 Å². The minimum Gasteiger partial charge on any atom is -0.506 e. The number of nitrogens with zero attached hydrogens (tertiary/aromatic N) is 2. The number of aryl methyl sites for hydroxylation is 1. The zero-order chi connectivity index (χ0) is 15.5. The molecule has 2 aromatic rings. The summed E-state index contributed by atoms with van der Waals surface area (Å²) in [7, 11) is -4.00. The second-order valence-corrected chi connectivity index (χ2v) is 5.92. The fourth-order valence-corrected chi connectivity index (χ4v) is 2.95. The Morgan fingerprint density at radius 3 is 2.81 bits per heavy atom. The second kappa shape index (κ2) is 5.81. The highest BCUT2D eigenvalue weighted by atomic mass is 32.2. The van der Waals surface area contributed by atoms with Crippen molar-refractivity contribution in [3.8, 4) is 11.8 Å². The zero-order valence-corrected chi connectivity index (χ0v) is 12.1. The van der Waals surface area contributed by atoms with Crippen molar-refractivity contribution in [3.05, 3.63) is 47.8 Å². The van der Waals surface area contributed by atoms with Crippen LogP contribution >= 0.6 is 0 Å². The van der Waals surface area contributed by atoms with Crippen molar-refractivity contribution < 1.29 is 13.5 Å². The number of benzene rings is 1. The van der Waals surface area contributed by atoms with E-state index in [4.69, 9.17) is 5.26 Å². The Morgan fingerprint density at radius 1 is 1.38 bits per heavy atom. The first-order valence-electron chi connectivity index (χ1n) is 6.17. The fraction of sp³-hybridized carbons (Fsp3) is 0.143. The molecule has 0 saturated heterocycles. The molecule has 0 aliphatic carbocycles. The van der Waals surface area contributed by atoms with E-state index in [0.29, 0.717) is 6.42 Å². The molecule has 0 radical (unpaired) electrons. The van der Waals surface area contributed by atoms with Gasteiger partial charge < -0.3 is 5.11 Å². The van der Waals surface area contributed by atoms with Crippen molar-refractivity contribution >= 4 is 15.7 Å². The second-order valence-electron chi connectivity index (χ2n) is 4.27. The molecular weight excluding hydrogens is 290 g/mol. The molecule has 2 N–H and O–H groups in total. The number of pyridine rings is 1. The van der Waals surface area contributed by atoms with E-state index in [1.807, 2.05) is 6.92 Å². The number of nitrogens with one attached hydrogen (secondary N) is 1. The van der Waals surface area contributed by atoms with Crippen LogP contribution in [0.5, 0.6) is 5.75 Å².